The molecule has 0 amide bonds. The first-order valence-corrected chi connectivity index (χ1v) is 5.85. The molecule has 0 aliphatic rings. The van der Waals surface area contributed by atoms with Crippen LogP contribution in [0.25, 0.3) is 0 Å². The predicted octanol–water partition coefficient (Wildman–Crippen LogP) is 2.98. The van der Waals surface area contributed by atoms with Crippen LogP contribution in [0.4, 0.5) is 0 Å². The number of aromatic nitrogens is 1. The number of nitrogens with one attached hydrogen (secondary N) is 1. The first-order chi connectivity index (χ1) is 6.34. The fourth-order valence-electron chi connectivity index (χ4n) is 1.23. The third kappa shape index (κ3) is 3.87. The van der Waals surface area contributed by atoms with E-state index in [-0.39, 0.29) is 0 Å². The van der Waals surface area contributed by atoms with Gasteiger partial charge >= 0.3 is 0 Å². The molecule has 1 rings (SSSR count). The van der Waals surface area contributed by atoms with Crippen molar-refractivity contribution < 1.29 is 0 Å². The van der Waals surface area contributed by atoms with Crippen molar-refractivity contribution in [2.24, 2.45) is 0 Å². The Morgan fingerprint density at radius 1 is 1.54 bits per heavy atom. The largest absolute Gasteiger partial charge is 0.308 e. The summed E-state index contributed by atoms with van der Waals surface area (Å²) >= 11 is 1.72. The van der Waals surface area contributed by atoms with Gasteiger partial charge in [0.25, 0.3) is 0 Å². The molecule has 0 bridgehead atoms. The molecule has 74 valence electrons. The van der Waals surface area contributed by atoms with Crippen LogP contribution in [0, 0.1) is 0 Å². The first-order valence-electron chi connectivity index (χ1n) is 4.97. The monoisotopic (exact) mass is 198 g/mol. The minimum atomic E-state index is 0.414. The molecule has 1 aromatic rings. The molecule has 0 radical (unpaired) electrons. The van der Waals surface area contributed by atoms with E-state index in [1.54, 1.807) is 11.3 Å². The molecule has 1 heterocycles. The molecule has 0 spiro atoms. The standard InChI is InChI=1S/C10H18N2S/c1-3-4-5-6-11-9(2)10-12-7-8-13-10/h7-9,11H,3-6H2,1-2H3/t9-/m1/s1. The molecule has 2 nitrogen and oxygen atoms in total. The topological polar surface area (TPSA) is 24.9 Å². The van der Waals surface area contributed by atoms with Crippen LogP contribution in [0.5, 0.6) is 0 Å². The van der Waals surface area contributed by atoms with Crippen molar-refractivity contribution in [2.45, 2.75) is 39.2 Å². The van der Waals surface area contributed by atoms with Crippen LogP contribution in [-0.4, -0.2) is 11.5 Å². The summed E-state index contributed by atoms with van der Waals surface area (Å²) in [5, 5.41) is 6.69. The van der Waals surface area contributed by atoms with E-state index in [1.165, 1.54) is 24.3 Å². The zero-order valence-corrected chi connectivity index (χ0v) is 9.23. The number of rotatable bonds is 6. The van der Waals surface area contributed by atoms with Crippen LogP contribution in [0.2, 0.25) is 0 Å². The smallest absolute Gasteiger partial charge is 0.109 e. The van der Waals surface area contributed by atoms with E-state index in [9.17, 15) is 0 Å². The molecule has 0 fully saturated rings. The molecule has 3 heteroatoms. The van der Waals surface area contributed by atoms with Gasteiger partial charge in [0.1, 0.15) is 5.01 Å². The summed E-state index contributed by atoms with van der Waals surface area (Å²) in [6.07, 6.45) is 5.74. The van der Waals surface area contributed by atoms with Crippen molar-refractivity contribution in [2.75, 3.05) is 6.54 Å². The highest BCUT2D eigenvalue weighted by Crippen LogP contribution is 2.14. The van der Waals surface area contributed by atoms with Gasteiger partial charge in [-0.2, -0.15) is 0 Å². The molecule has 1 atom stereocenters. The summed E-state index contributed by atoms with van der Waals surface area (Å²) in [6, 6.07) is 0.414. The molecule has 0 unspecified atom stereocenters. The second-order valence-corrected chi connectivity index (χ2v) is 4.18. The van der Waals surface area contributed by atoms with Crippen LogP contribution >= 0.6 is 11.3 Å². The lowest BCUT2D eigenvalue weighted by atomic mass is 10.2. The third-order valence-electron chi connectivity index (χ3n) is 2.05. The molecule has 1 N–H and O–H groups in total. The van der Waals surface area contributed by atoms with Crippen molar-refractivity contribution >= 4 is 11.3 Å². The van der Waals surface area contributed by atoms with E-state index in [0.29, 0.717) is 6.04 Å². The van der Waals surface area contributed by atoms with Crippen LogP contribution in [-0.2, 0) is 0 Å². The van der Waals surface area contributed by atoms with Crippen molar-refractivity contribution in [1.29, 1.82) is 0 Å². The van der Waals surface area contributed by atoms with E-state index in [0.717, 1.165) is 6.54 Å². The van der Waals surface area contributed by atoms with Crippen molar-refractivity contribution in [3.63, 3.8) is 0 Å². The van der Waals surface area contributed by atoms with Gasteiger partial charge in [-0.25, -0.2) is 4.98 Å². The maximum absolute atomic E-state index is 4.27. The Morgan fingerprint density at radius 3 is 3.00 bits per heavy atom. The Bertz CT molecular complexity index is 209. The predicted molar refractivity (Wildman–Crippen MR) is 58.1 cm³/mol. The second-order valence-electron chi connectivity index (χ2n) is 3.25. The average Bonchev–Trinajstić information content (AvgIpc) is 2.65. The zero-order valence-electron chi connectivity index (χ0n) is 8.42. The molecule has 0 aliphatic carbocycles. The molecule has 13 heavy (non-hydrogen) atoms. The molecule has 1 aromatic heterocycles. The minimum Gasteiger partial charge on any atom is -0.308 e. The lowest BCUT2D eigenvalue weighted by Crippen LogP contribution is -2.19. The first kappa shape index (κ1) is 10.7. The number of hydrogen-bond donors (Lipinski definition) is 1. The summed E-state index contributed by atoms with van der Waals surface area (Å²) in [6.45, 7) is 5.50. The Morgan fingerprint density at radius 2 is 2.38 bits per heavy atom. The number of hydrogen-bond acceptors (Lipinski definition) is 3. The van der Waals surface area contributed by atoms with Gasteiger partial charge in [0.2, 0.25) is 0 Å². The van der Waals surface area contributed by atoms with Crippen LogP contribution in [0.1, 0.15) is 44.2 Å². The molecule has 0 saturated heterocycles. The van der Waals surface area contributed by atoms with E-state index < -0.39 is 0 Å². The Labute approximate surface area is 84.4 Å². The Kier molecular flexibility index (Phi) is 5.01. The summed E-state index contributed by atoms with van der Waals surface area (Å²) < 4.78 is 0. The van der Waals surface area contributed by atoms with Crippen molar-refractivity contribution in [3.05, 3.63) is 16.6 Å². The summed E-state index contributed by atoms with van der Waals surface area (Å²) in [4.78, 5) is 4.27. The Hall–Kier alpha value is -0.410. The van der Waals surface area contributed by atoms with E-state index in [2.05, 4.69) is 24.1 Å². The highest BCUT2D eigenvalue weighted by molar-refractivity contribution is 7.09. The third-order valence-corrected chi connectivity index (χ3v) is 3.01. The Balaban J connectivity index is 2.15. The van der Waals surface area contributed by atoms with E-state index in [1.807, 2.05) is 11.6 Å². The van der Waals surface area contributed by atoms with Crippen molar-refractivity contribution in [3.8, 4) is 0 Å². The van der Waals surface area contributed by atoms with Gasteiger partial charge in [-0.15, -0.1) is 11.3 Å². The van der Waals surface area contributed by atoms with Gasteiger partial charge in [-0.3, -0.25) is 0 Å². The van der Waals surface area contributed by atoms with E-state index in [4.69, 9.17) is 0 Å². The van der Waals surface area contributed by atoms with Gasteiger partial charge in [0, 0.05) is 11.6 Å². The minimum absolute atomic E-state index is 0.414. The van der Waals surface area contributed by atoms with Gasteiger partial charge < -0.3 is 5.32 Å². The fourth-order valence-corrected chi connectivity index (χ4v) is 1.90. The number of unbranched alkanes of at least 4 members (excludes halogenated alkanes) is 2. The number of nitrogens with zero attached hydrogens (tertiary/aromatic N) is 1. The molecule has 0 aromatic carbocycles. The summed E-state index contributed by atoms with van der Waals surface area (Å²) in [5.74, 6) is 0. The fraction of sp³-hybridized carbons (Fsp3) is 0.700. The van der Waals surface area contributed by atoms with Gasteiger partial charge in [0.15, 0.2) is 0 Å². The zero-order chi connectivity index (χ0) is 9.52. The van der Waals surface area contributed by atoms with Gasteiger partial charge in [-0.05, 0) is 19.9 Å². The van der Waals surface area contributed by atoms with Crippen LogP contribution in [0.15, 0.2) is 11.6 Å². The van der Waals surface area contributed by atoms with Crippen LogP contribution in [0.3, 0.4) is 0 Å². The van der Waals surface area contributed by atoms with Crippen LogP contribution < -0.4 is 5.32 Å². The maximum atomic E-state index is 4.27. The number of thiazole rings is 1. The normalized spacial score (nSPS) is 13.1. The van der Waals surface area contributed by atoms with Gasteiger partial charge in [0.05, 0.1) is 6.04 Å². The highest BCUT2D eigenvalue weighted by Gasteiger charge is 2.05. The lowest BCUT2D eigenvalue weighted by molar-refractivity contribution is 0.542. The highest BCUT2D eigenvalue weighted by atomic mass is 32.1. The second kappa shape index (κ2) is 6.11. The molecule has 0 saturated carbocycles. The quantitative estimate of drug-likeness (QED) is 0.711. The molecule has 0 aliphatic heterocycles. The SMILES string of the molecule is CCCCCN[C@H](C)c1nccs1. The van der Waals surface area contributed by atoms with Gasteiger partial charge in [-0.1, -0.05) is 19.8 Å². The molecular weight excluding hydrogens is 180 g/mol. The average molecular weight is 198 g/mol. The van der Waals surface area contributed by atoms with E-state index >= 15 is 0 Å². The van der Waals surface area contributed by atoms with Crippen molar-refractivity contribution in [1.82, 2.24) is 10.3 Å². The molecular formula is C10H18N2S. The maximum Gasteiger partial charge on any atom is 0.109 e. The summed E-state index contributed by atoms with van der Waals surface area (Å²) in [7, 11) is 0. The lowest BCUT2D eigenvalue weighted by Gasteiger charge is -2.10. The summed E-state index contributed by atoms with van der Waals surface area (Å²) in [5.41, 5.74) is 0.